The summed E-state index contributed by atoms with van der Waals surface area (Å²) < 4.78 is 1.01. The molecule has 0 radical (unpaired) electrons. The second kappa shape index (κ2) is 7.20. The second-order valence-electron chi connectivity index (χ2n) is 5.41. The summed E-state index contributed by atoms with van der Waals surface area (Å²) in [4.78, 5) is 15.2. The number of carbonyl (C=O) groups excluding carboxylic acids is 1. The molecular weight excluding hydrogens is 376 g/mol. The highest BCUT2D eigenvalue weighted by Crippen LogP contribution is 2.22. The van der Waals surface area contributed by atoms with E-state index in [1.165, 1.54) is 5.56 Å². The van der Waals surface area contributed by atoms with Crippen LogP contribution in [0.25, 0.3) is 10.9 Å². The standard InChI is InChI=1S/C18H16BrClN2O/c19-14-3-1-12(2-4-14)9-18(23)21-8-7-13-11-22-17-10-15(20)5-6-16(13)17/h1-6,10-11,22H,7-9H2,(H,21,23). The van der Waals surface area contributed by atoms with E-state index in [4.69, 9.17) is 11.6 Å². The van der Waals surface area contributed by atoms with Crippen molar-refractivity contribution in [1.82, 2.24) is 10.3 Å². The Morgan fingerprint density at radius 3 is 2.74 bits per heavy atom. The van der Waals surface area contributed by atoms with E-state index < -0.39 is 0 Å². The summed E-state index contributed by atoms with van der Waals surface area (Å²) in [5.74, 6) is 0.0372. The molecule has 0 bridgehead atoms. The Balaban J connectivity index is 1.54. The van der Waals surface area contributed by atoms with Gasteiger partial charge in [0, 0.05) is 33.1 Å². The summed E-state index contributed by atoms with van der Waals surface area (Å²) in [6.45, 7) is 0.616. The minimum atomic E-state index is 0.0372. The Hall–Kier alpha value is -1.78. The maximum atomic E-state index is 12.0. The van der Waals surface area contributed by atoms with Crippen molar-refractivity contribution in [1.29, 1.82) is 0 Å². The van der Waals surface area contributed by atoms with Crippen LogP contribution in [0.15, 0.2) is 53.1 Å². The molecular formula is C18H16BrClN2O. The molecule has 23 heavy (non-hydrogen) atoms. The number of nitrogens with one attached hydrogen (secondary N) is 2. The van der Waals surface area contributed by atoms with Crippen molar-refractivity contribution in [2.24, 2.45) is 0 Å². The van der Waals surface area contributed by atoms with Crippen molar-refractivity contribution in [3.8, 4) is 0 Å². The van der Waals surface area contributed by atoms with Gasteiger partial charge in [-0.3, -0.25) is 4.79 Å². The number of carbonyl (C=O) groups is 1. The minimum Gasteiger partial charge on any atom is -0.361 e. The van der Waals surface area contributed by atoms with Gasteiger partial charge in [-0.15, -0.1) is 0 Å². The van der Waals surface area contributed by atoms with Gasteiger partial charge in [-0.2, -0.15) is 0 Å². The van der Waals surface area contributed by atoms with Crippen LogP contribution in [-0.2, 0) is 17.6 Å². The molecule has 0 atom stereocenters. The Kier molecular flexibility index (Phi) is 5.03. The zero-order valence-electron chi connectivity index (χ0n) is 12.4. The Morgan fingerprint density at radius 1 is 1.17 bits per heavy atom. The number of hydrogen-bond acceptors (Lipinski definition) is 1. The van der Waals surface area contributed by atoms with Gasteiger partial charge in [0.2, 0.25) is 5.91 Å². The Labute approximate surface area is 148 Å². The van der Waals surface area contributed by atoms with Crippen LogP contribution in [0.2, 0.25) is 5.02 Å². The first kappa shape index (κ1) is 16.1. The zero-order chi connectivity index (χ0) is 16.2. The molecule has 0 saturated carbocycles. The number of amides is 1. The number of aromatic nitrogens is 1. The summed E-state index contributed by atoms with van der Waals surface area (Å²) in [6.07, 6.45) is 3.16. The van der Waals surface area contributed by atoms with Gasteiger partial charge >= 0.3 is 0 Å². The lowest BCUT2D eigenvalue weighted by Crippen LogP contribution is -2.27. The summed E-state index contributed by atoms with van der Waals surface area (Å²) in [6, 6.07) is 13.6. The van der Waals surface area contributed by atoms with E-state index in [9.17, 15) is 4.79 Å². The SMILES string of the molecule is O=C(Cc1ccc(Br)cc1)NCCc1c[nH]c2cc(Cl)ccc12. The highest BCUT2D eigenvalue weighted by molar-refractivity contribution is 9.10. The molecule has 0 saturated heterocycles. The highest BCUT2D eigenvalue weighted by atomic mass is 79.9. The lowest BCUT2D eigenvalue weighted by Gasteiger charge is -2.05. The number of rotatable bonds is 5. The van der Waals surface area contributed by atoms with Crippen molar-refractivity contribution < 1.29 is 4.79 Å². The summed E-state index contributed by atoms with van der Waals surface area (Å²) in [5.41, 5.74) is 3.21. The van der Waals surface area contributed by atoms with E-state index in [-0.39, 0.29) is 5.91 Å². The molecule has 0 unspecified atom stereocenters. The van der Waals surface area contributed by atoms with Gasteiger partial charge in [0.1, 0.15) is 0 Å². The van der Waals surface area contributed by atoms with Crippen LogP contribution in [0.4, 0.5) is 0 Å². The van der Waals surface area contributed by atoms with Crippen molar-refractivity contribution in [2.75, 3.05) is 6.54 Å². The van der Waals surface area contributed by atoms with Crippen LogP contribution in [0.1, 0.15) is 11.1 Å². The zero-order valence-corrected chi connectivity index (χ0v) is 14.7. The lowest BCUT2D eigenvalue weighted by atomic mass is 10.1. The largest absolute Gasteiger partial charge is 0.361 e. The summed E-state index contributed by atoms with van der Waals surface area (Å²) in [7, 11) is 0. The highest BCUT2D eigenvalue weighted by Gasteiger charge is 2.06. The number of fused-ring (bicyclic) bond motifs is 1. The predicted molar refractivity (Wildman–Crippen MR) is 97.9 cm³/mol. The first-order valence-corrected chi connectivity index (χ1v) is 8.55. The number of aromatic amines is 1. The number of benzene rings is 2. The van der Waals surface area contributed by atoms with Gasteiger partial charge in [0.15, 0.2) is 0 Å². The van der Waals surface area contributed by atoms with E-state index in [2.05, 4.69) is 26.2 Å². The molecule has 5 heteroatoms. The Bertz CT molecular complexity index is 827. The average molecular weight is 392 g/mol. The van der Waals surface area contributed by atoms with Gasteiger partial charge in [0.05, 0.1) is 6.42 Å². The van der Waals surface area contributed by atoms with Crippen LogP contribution >= 0.6 is 27.5 Å². The molecule has 0 aliphatic carbocycles. The molecule has 3 rings (SSSR count). The molecule has 1 amide bonds. The van der Waals surface area contributed by atoms with Gasteiger partial charge < -0.3 is 10.3 Å². The maximum absolute atomic E-state index is 12.0. The quantitative estimate of drug-likeness (QED) is 0.661. The monoisotopic (exact) mass is 390 g/mol. The molecule has 1 aromatic heterocycles. The molecule has 2 aromatic carbocycles. The van der Waals surface area contributed by atoms with Gasteiger partial charge in [-0.25, -0.2) is 0 Å². The van der Waals surface area contributed by atoms with Crippen molar-refractivity contribution in [3.63, 3.8) is 0 Å². The normalized spacial score (nSPS) is 10.9. The van der Waals surface area contributed by atoms with Gasteiger partial charge in [-0.05, 0) is 41.8 Å². The molecule has 0 aliphatic rings. The fourth-order valence-corrected chi connectivity index (χ4v) is 2.99. The number of halogens is 2. The average Bonchev–Trinajstić information content (AvgIpc) is 2.92. The fourth-order valence-electron chi connectivity index (χ4n) is 2.55. The lowest BCUT2D eigenvalue weighted by molar-refractivity contribution is -0.120. The van der Waals surface area contributed by atoms with Crippen molar-refractivity contribution >= 4 is 44.3 Å². The molecule has 0 aliphatic heterocycles. The molecule has 0 fully saturated rings. The third-order valence-corrected chi connectivity index (χ3v) is 4.49. The second-order valence-corrected chi connectivity index (χ2v) is 6.76. The van der Waals surface area contributed by atoms with Crippen LogP contribution in [0.3, 0.4) is 0 Å². The topological polar surface area (TPSA) is 44.9 Å². The molecule has 3 aromatic rings. The van der Waals surface area contributed by atoms with E-state index in [1.54, 1.807) is 0 Å². The molecule has 0 spiro atoms. The van der Waals surface area contributed by atoms with E-state index >= 15 is 0 Å². The third-order valence-electron chi connectivity index (χ3n) is 3.72. The van der Waals surface area contributed by atoms with E-state index in [0.29, 0.717) is 18.0 Å². The van der Waals surface area contributed by atoms with Crippen LogP contribution < -0.4 is 5.32 Å². The minimum absolute atomic E-state index is 0.0372. The maximum Gasteiger partial charge on any atom is 0.224 e. The van der Waals surface area contributed by atoms with Crippen LogP contribution in [0.5, 0.6) is 0 Å². The van der Waals surface area contributed by atoms with Gasteiger partial charge in [0.25, 0.3) is 0 Å². The number of H-pyrrole nitrogens is 1. The van der Waals surface area contributed by atoms with E-state index in [1.807, 2.05) is 48.7 Å². The van der Waals surface area contributed by atoms with Crippen LogP contribution in [-0.4, -0.2) is 17.4 Å². The molecule has 118 valence electrons. The smallest absolute Gasteiger partial charge is 0.224 e. The molecule has 1 heterocycles. The van der Waals surface area contributed by atoms with Crippen molar-refractivity contribution in [2.45, 2.75) is 12.8 Å². The molecule has 3 nitrogen and oxygen atoms in total. The van der Waals surface area contributed by atoms with Crippen LogP contribution in [0, 0.1) is 0 Å². The van der Waals surface area contributed by atoms with Crippen molar-refractivity contribution in [3.05, 3.63) is 69.3 Å². The Morgan fingerprint density at radius 2 is 1.96 bits per heavy atom. The van der Waals surface area contributed by atoms with E-state index in [0.717, 1.165) is 27.4 Å². The summed E-state index contributed by atoms with van der Waals surface area (Å²) >= 11 is 9.37. The molecule has 2 N–H and O–H groups in total. The first-order valence-electron chi connectivity index (χ1n) is 7.38. The number of hydrogen-bond donors (Lipinski definition) is 2. The fraction of sp³-hybridized carbons (Fsp3) is 0.167. The third kappa shape index (κ3) is 4.15. The summed E-state index contributed by atoms with van der Waals surface area (Å²) in [5, 5.41) is 4.84. The first-order chi connectivity index (χ1) is 11.1. The predicted octanol–water partition coefficient (Wildman–Crippen LogP) is 4.49. The van der Waals surface area contributed by atoms with Gasteiger partial charge in [-0.1, -0.05) is 45.7 Å².